The number of hydrogen-bond donors (Lipinski definition) is 2. The van der Waals surface area contributed by atoms with Gasteiger partial charge in [-0.1, -0.05) is 18.2 Å². The van der Waals surface area contributed by atoms with Gasteiger partial charge in [-0.15, -0.1) is 0 Å². The van der Waals surface area contributed by atoms with E-state index < -0.39 is 30.5 Å². The molecule has 2 aromatic heterocycles. The van der Waals surface area contributed by atoms with E-state index in [1.807, 2.05) is 25.1 Å². The highest BCUT2D eigenvalue weighted by Crippen LogP contribution is 2.36. The average molecular weight is 540 g/mol. The molecule has 0 aliphatic carbocycles. The summed E-state index contributed by atoms with van der Waals surface area (Å²) in [5, 5.41) is 11.0. The Bertz CT molecular complexity index is 1440. The Balaban J connectivity index is 0.000000505. The lowest BCUT2D eigenvalue weighted by Gasteiger charge is -2.31. The maximum Gasteiger partial charge on any atom is 0.490 e. The first-order valence-corrected chi connectivity index (χ1v) is 10.9. The molecule has 0 spiro atoms. The standard InChI is InChI=1S/C21H20F2N6O2.C2HF3O2/c1-13-3-2-4-14-5-6-18(30)29(19(13)14)16-7-8-25-17(9-16)27-12-26-28(21(27)31)11-15(10-24)20(22)23;3-2(4,5)1(6)7/h2-4,7-9,12H,5-6,10-11,24H2,1H3;(H,6,7). The SMILES string of the molecule is Cc1cccc2c1N(c1ccnc(-n3cnn(CC(CN)=C(F)F)c3=O)c1)C(=O)CC2.O=C(O)C(F)(F)F. The number of nitrogens with two attached hydrogens (primary N) is 1. The predicted molar refractivity (Wildman–Crippen MR) is 124 cm³/mol. The molecule has 1 aliphatic heterocycles. The van der Waals surface area contributed by atoms with E-state index in [1.165, 1.54) is 12.5 Å². The van der Waals surface area contributed by atoms with Crippen LogP contribution in [0.15, 0.2) is 59.3 Å². The van der Waals surface area contributed by atoms with E-state index in [-0.39, 0.29) is 23.8 Å². The lowest BCUT2D eigenvalue weighted by Crippen LogP contribution is -2.32. The summed E-state index contributed by atoms with van der Waals surface area (Å²) in [7, 11) is 0. The second kappa shape index (κ2) is 11.3. The number of nitrogens with zero attached hydrogens (tertiary/aromatic N) is 5. The number of alkyl halides is 3. The van der Waals surface area contributed by atoms with Crippen molar-refractivity contribution in [2.45, 2.75) is 32.5 Å². The molecule has 1 aromatic carbocycles. The fourth-order valence-corrected chi connectivity index (χ4v) is 3.66. The molecule has 0 radical (unpaired) electrons. The van der Waals surface area contributed by atoms with Crippen molar-refractivity contribution in [1.82, 2.24) is 19.3 Å². The highest BCUT2D eigenvalue weighted by molar-refractivity contribution is 6.03. The number of aromatic nitrogens is 4. The van der Waals surface area contributed by atoms with Crippen LogP contribution >= 0.6 is 0 Å². The van der Waals surface area contributed by atoms with Gasteiger partial charge in [-0.3, -0.25) is 9.69 Å². The second-order valence-corrected chi connectivity index (χ2v) is 8.00. The third-order valence-corrected chi connectivity index (χ3v) is 5.47. The van der Waals surface area contributed by atoms with Gasteiger partial charge in [0.2, 0.25) is 5.91 Å². The van der Waals surface area contributed by atoms with Crippen molar-refractivity contribution in [3.63, 3.8) is 0 Å². The largest absolute Gasteiger partial charge is 0.490 e. The molecule has 38 heavy (non-hydrogen) atoms. The summed E-state index contributed by atoms with van der Waals surface area (Å²) in [6, 6.07) is 9.17. The number of carboxylic acids is 1. The predicted octanol–water partition coefficient (Wildman–Crippen LogP) is 3.09. The number of carbonyl (C=O) groups is 2. The smallest absolute Gasteiger partial charge is 0.475 e. The number of aliphatic carboxylic acids is 1. The molecule has 10 nitrogen and oxygen atoms in total. The van der Waals surface area contributed by atoms with E-state index in [9.17, 15) is 31.5 Å². The van der Waals surface area contributed by atoms with Gasteiger partial charge < -0.3 is 10.8 Å². The molecule has 4 rings (SSSR count). The van der Waals surface area contributed by atoms with Gasteiger partial charge in [0.05, 0.1) is 17.9 Å². The quantitative estimate of drug-likeness (QED) is 0.475. The van der Waals surface area contributed by atoms with Crippen molar-refractivity contribution in [3.8, 4) is 5.82 Å². The number of benzene rings is 1. The van der Waals surface area contributed by atoms with Crippen LogP contribution in [0.25, 0.3) is 5.82 Å². The van der Waals surface area contributed by atoms with E-state index in [1.54, 1.807) is 17.0 Å². The molecule has 3 heterocycles. The van der Waals surface area contributed by atoms with Crippen LogP contribution in [0.5, 0.6) is 0 Å². The number of anilines is 2. The maximum absolute atomic E-state index is 12.9. The summed E-state index contributed by atoms with van der Waals surface area (Å²) in [6.07, 6.45) is -3.29. The number of para-hydroxylation sites is 1. The number of fused-ring (bicyclic) bond motifs is 1. The molecule has 3 N–H and O–H groups in total. The molecule has 15 heteroatoms. The van der Waals surface area contributed by atoms with Gasteiger partial charge in [0.1, 0.15) is 12.1 Å². The van der Waals surface area contributed by atoms with Gasteiger partial charge in [-0.05, 0) is 30.5 Å². The van der Waals surface area contributed by atoms with Crippen molar-refractivity contribution in [1.29, 1.82) is 0 Å². The van der Waals surface area contributed by atoms with Crippen molar-refractivity contribution >= 4 is 23.3 Å². The number of hydrogen-bond acceptors (Lipinski definition) is 6. The van der Waals surface area contributed by atoms with Gasteiger partial charge in [-0.2, -0.15) is 27.1 Å². The van der Waals surface area contributed by atoms with Crippen LogP contribution in [0, 0.1) is 6.92 Å². The summed E-state index contributed by atoms with van der Waals surface area (Å²) in [5.41, 5.74) is 7.72. The van der Waals surface area contributed by atoms with Crippen LogP contribution < -0.4 is 16.3 Å². The number of aryl methyl sites for hydroxylation is 2. The lowest BCUT2D eigenvalue weighted by atomic mass is 9.97. The lowest BCUT2D eigenvalue weighted by molar-refractivity contribution is -0.192. The van der Waals surface area contributed by atoms with Crippen LogP contribution in [0.2, 0.25) is 0 Å². The van der Waals surface area contributed by atoms with E-state index in [4.69, 9.17) is 15.6 Å². The zero-order valence-corrected chi connectivity index (χ0v) is 19.7. The minimum Gasteiger partial charge on any atom is -0.475 e. The summed E-state index contributed by atoms with van der Waals surface area (Å²) in [6.45, 7) is 1.14. The highest BCUT2D eigenvalue weighted by atomic mass is 19.4. The Morgan fingerprint density at radius 3 is 2.45 bits per heavy atom. The van der Waals surface area contributed by atoms with Crippen molar-refractivity contribution in [2.75, 3.05) is 11.4 Å². The number of rotatable bonds is 5. The highest BCUT2D eigenvalue weighted by Gasteiger charge is 2.38. The summed E-state index contributed by atoms with van der Waals surface area (Å²) >= 11 is 0. The van der Waals surface area contributed by atoms with Crippen LogP contribution in [-0.2, 0) is 22.6 Å². The molecule has 0 fully saturated rings. The monoisotopic (exact) mass is 540 g/mol. The molecule has 0 saturated carbocycles. The summed E-state index contributed by atoms with van der Waals surface area (Å²) in [4.78, 5) is 40.2. The molecule has 0 bridgehead atoms. The molecule has 202 valence electrons. The van der Waals surface area contributed by atoms with E-state index in [2.05, 4.69) is 10.1 Å². The fourth-order valence-electron chi connectivity index (χ4n) is 3.66. The molecule has 3 aromatic rings. The Labute approximate surface area is 211 Å². The third kappa shape index (κ3) is 6.11. The molecule has 1 amide bonds. The molecule has 1 aliphatic rings. The molecular formula is C23H21F5N6O4. The number of carboxylic acid groups (broad SMARTS) is 1. The Morgan fingerprint density at radius 1 is 1.16 bits per heavy atom. The van der Waals surface area contributed by atoms with Crippen molar-refractivity contribution in [3.05, 3.63) is 76.1 Å². The van der Waals surface area contributed by atoms with E-state index in [0.717, 1.165) is 26.1 Å². The third-order valence-electron chi connectivity index (χ3n) is 5.47. The minimum absolute atomic E-state index is 0.0573. The van der Waals surface area contributed by atoms with Crippen LogP contribution in [-0.4, -0.2) is 49.0 Å². The van der Waals surface area contributed by atoms with Gasteiger partial charge >= 0.3 is 17.8 Å². The molecule has 0 unspecified atom stereocenters. The first-order chi connectivity index (χ1) is 17.8. The molecule has 0 saturated heterocycles. The van der Waals surface area contributed by atoms with Crippen LogP contribution in [0.3, 0.4) is 0 Å². The molecular weight excluding hydrogens is 519 g/mol. The minimum atomic E-state index is -5.08. The van der Waals surface area contributed by atoms with Gasteiger partial charge in [0.15, 0.2) is 0 Å². The number of carbonyl (C=O) groups excluding carboxylic acids is 1. The van der Waals surface area contributed by atoms with E-state index in [0.29, 0.717) is 18.5 Å². The first-order valence-electron chi connectivity index (χ1n) is 10.9. The van der Waals surface area contributed by atoms with E-state index >= 15 is 0 Å². The topological polar surface area (TPSA) is 136 Å². The van der Waals surface area contributed by atoms with Gasteiger partial charge in [0, 0.05) is 30.8 Å². The Morgan fingerprint density at radius 2 is 1.84 bits per heavy atom. The van der Waals surface area contributed by atoms with Gasteiger partial charge in [-0.25, -0.2) is 23.8 Å². The zero-order valence-electron chi connectivity index (χ0n) is 19.7. The maximum atomic E-state index is 12.9. The van der Waals surface area contributed by atoms with Crippen LogP contribution in [0.4, 0.5) is 33.3 Å². The Kier molecular flexibility index (Phi) is 8.40. The number of pyridine rings is 1. The summed E-state index contributed by atoms with van der Waals surface area (Å²) in [5.74, 6) is -2.59. The zero-order chi connectivity index (χ0) is 28.2. The fraction of sp³-hybridized carbons (Fsp3) is 0.261. The molecule has 0 atom stereocenters. The van der Waals surface area contributed by atoms with Gasteiger partial charge in [0.25, 0.3) is 6.08 Å². The Hall–Kier alpha value is -4.40. The first kappa shape index (κ1) is 28.2. The summed E-state index contributed by atoms with van der Waals surface area (Å²) < 4.78 is 59.6. The van der Waals surface area contributed by atoms with Crippen LogP contribution in [0.1, 0.15) is 17.5 Å². The second-order valence-electron chi connectivity index (χ2n) is 8.00. The number of amides is 1. The van der Waals surface area contributed by atoms with Crippen molar-refractivity contribution < 1.29 is 36.6 Å². The normalized spacial score (nSPS) is 12.9. The van der Waals surface area contributed by atoms with Crippen molar-refractivity contribution in [2.24, 2.45) is 5.73 Å². The average Bonchev–Trinajstić information content (AvgIpc) is 3.22. The number of halogens is 5.